The highest BCUT2D eigenvalue weighted by atomic mass is 16.3. The van der Waals surface area contributed by atoms with Crippen molar-refractivity contribution in [2.45, 2.75) is 32.8 Å². The van der Waals surface area contributed by atoms with Crippen LogP contribution in [-0.2, 0) is 0 Å². The molecule has 1 aliphatic rings. The van der Waals surface area contributed by atoms with Crippen molar-refractivity contribution in [2.24, 2.45) is 5.92 Å². The Hall–Kier alpha value is -1.59. The number of amides is 1. The number of aromatic hydroxyl groups is 1. The van der Waals surface area contributed by atoms with Gasteiger partial charge in [-0.3, -0.25) is 4.79 Å². The predicted octanol–water partition coefficient (Wildman–Crippen LogP) is 1.52. The van der Waals surface area contributed by atoms with Crippen LogP contribution in [0, 0.1) is 12.8 Å². The van der Waals surface area contributed by atoms with E-state index in [1.54, 1.807) is 12.1 Å². The summed E-state index contributed by atoms with van der Waals surface area (Å²) in [4.78, 5) is 14.3. The number of likely N-dealkylation sites (tertiary alicyclic amines) is 1. The van der Waals surface area contributed by atoms with E-state index >= 15 is 0 Å². The number of β-amino-alcohol motifs (C(OH)–C–C–N with tert-alkyl or cyclic N) is 1. The Morgan fingerprint density at radius 1 is 1.36 bits per heavy atom. The van der Waals surface area contributed by atoms with Gasteiger partial charge >= 0.3 is 0 Å². The second-order valence-corrected chi connectivity index (χ2v) is 6.40. The van der Waals surface area contributed by atoms with E-state index in [4.69, 9.17) is 0 Å². The zero-order valence-electron chi connectivity index (χ0n) is 13.4. The summed E-state index contributed by atoms with van der Waals surface area (Å²) in [5.41, 5.74) is 1.24. The number of hydrogen-bond acceptors (Lipinski definition) is 4. The molecular weight excluding hydrogens is 280 g/mol. The Morgan fingerprint density at radius 3 is 2.68 bits per heavy atom. The van der Waals surface area contributed by atoms with Gasteiger partial charge in [-0.05, 0) is 62.5 Å². The van der Waals surface area contributed by atoms with Crippen LogP contribution in [0.1, 0.15) is 35.7 Å². The first-order valence-corrected chi connectivity index (χ1v) is 7.93. The Labute approximate surface area is 131 Å². The van der Waals surface area contributed by atoms with Gasteiger partial charge in [0, 0.05) is 18.7 Å². The number of aliphatic hydroxyl groups excluding tert-OH is 1. The number of nitrogens with zero attached hydrogens (tertiary/aromatic N) is 1. The molecule has 2 rings (SSSR count). The van der Waals surface area contributed by atoms with Gasteiger partial charge in [0.15, 0.2) is 0 Å². The summed E-state index contributed by atoms with van der Waals surface area (Å²) in [5, 5.41) is 22.3. The standard InChI is InChI=1S/C17H26N2O3/c1-12-3-5-19(6-4-12)11-16(21)10-18-17(22)14-7-13(2)8-15(20)9-14/h7-9,12,16,20-21H,3-6,10-11H2,1-2H3,(H,18,22). The summed E-state index contributed by atoms with van der Waals surface area (Å²) in [7, 11) is 0. The zero-order chi connectivity index (χ0) is 16.1. The van der Waals surface area contributed by atoms with E-state index in [0.717, 1.165) is 24.6 Å². The molecule has 1 aliphatic heterocycles. The molecule has 3 N–H and O–H groups in total. The molecule has 1 unspecified atom stereocenters. The maximum absolute atomic E-state index is 12.0. The number of carbonyl (C=O) groups excluding carboxylic acids is 1. The molecule has 1 saturated heterocycles. The Bertz CT molecular complexity index is 490. The number of aliphatic hydroxyl groups is 1. The first-order chi connectivity index (χ1) is 10.4. The number of hydrogen-bond donors (Lipinski definition) is 3. The van der Waals surface area contributed by atoms with Gasteiger partial charge in [0.25, 0.3) is 5.91 Å². The lowest BCUT2D eigenvalue weighted by atomic mass is 9.99. The zero-order valence-corrected chi connectivity index (χ0v) is 13.4. The smallest absolute Gasteiger partial charge is 0.251 e. The molecule has 0 radical (unpaired) electrons. The van der Waals surface area contributed by atoms with Gasteiger partial charge in [0.1, 0.15) is 5.75 Å². The largest absolute Gasteiger partial charge is 0.508 e. The molecule has 0 aliphatic carbocycles. The van der Waals surface area contributed by atoms with Gasteiger partial charge in [0.2, 0.25) is 0 Å². The topological polar surface area (TPSA) is 72.8 Å². The molecule has 22 heavy (non-hydrogen) atoms. The molecule has 122 valence electrons. The number of piperidine rings is 1. The van der Waals surface area contributed by atoms with Crippen molar-refractivity contribution >= 4 is 5.91 Å². The monoisotopic (exact) mass is 306 g/mol. The molecule has 5 heteroatoms. The number of nitrogens with one attached hydrogen (secondary N) is 1. The van der Waals surface area contributed by atoms with Crippen molar-refractivity contribution in [3.05, 3.63) is 29.3 Å². The Kier molecular flexibility index (Phi) is 5.80. The number of phenolic OH excluding ortho intramolecular Hbond substituents is 1. The fraction of sp³-hybridized carbons (Fsp3) is 0.588. The minimum atomic E-state index is -0.573. The molecule has 0 saturated carbocycles. The Morgan fingerprint density at radius 2 is 2.05 bits per heavy atom. The van der Waals surface area contributed by atoms with Crippen LogP contribution in [0.4, 0.5) is 0 Å². The predicted molar refractivity (Wildman–Crippen MR) is 86.0 cm³/mol. The van der Waals surface area contributed by atoms with Crippen LogP contribution in [0.2, 0.25) is 0 Å². The van der Waals surface area contributed by atoms with E-state index in [9.17, 15) is 15.0 Å². The lowest BCUT2D eigenvalue weighted by Crippen LogP contribution is -2.43. The van der Waals surface area contributed by atoms with Crippen molar-refractivity contribution in [3.63, 3.8) is 0 Å². The third kappa shape index (κ3) is 5.00. The van der Waals surface area contributed by atoms with Gasteiger partial charge in [-0.15, -0.1) is 0 Å². The van der Waals surface area contributed by atoms with Crippen molar-refractivity contribution in [2.75, 3.05) is 26.2 Å². The summed E-state index contributed by atoms with van der Waals surface area (Å²) < 4.78 is 0. The van der Waals surface area contributed by atoms with Crippen molar-refractivity contribution < 1.29 is 15.0 Å². The second-order valence-electron chi connectivity index (χ2n) is 6.40. The van der Waals surface area contributed by atoms with Crippen LogP contribution >= 0.6 is 0 Å². The minimum absolute atomic E-state index is 0.0770. The maximum Gasteiger partial charge on any atom is 0.251 e. The van der Waals surface area contributed by atoms with Crippen LogP contribution < -0.4 is 5.32 Å². The number of aryl methyl sites for hydroxylation is 1. The molecule has 1 atom stereocenters. The van der Waals surface area contributed by atoms with E-state index in [1.165, 1.54) is 18.9 Å². The van der Waals surface area contributed by atoms with E-state index in [-0.39, 0.29) is 18.2 Å². The van der Waals surface area contributed by atoms with E-state index in [0.29, 0.717) is 12.1 Å². The fourth-order valence-corrected chi connectivity index (χ4v) is 2.81. The molecule has 1 amide bonds. The van der Waals surface area contributed by atoms with E-state index in [1.807, 2.05) is 6.92 Å². The minimum Gasteiger partial charge on any atom is -0.508 e. The van der Waals surface area contributed by atoms with Crippen LogP contribution in [-0.4, -0.2) is 53.3 Å². The van der Waals surface area contributed by atoms with E-state index < -0.39 is 6.10 Å². The average molecular weight is 306 g/mol. The van der Waals surface area contributed by atoms with E-state index in [2.05, 4.69) is 17.1 Å². The lowest BCUT2D eigenvalue weighted by molar-refractivity contribution is 0.0795. The molecule has 1 aromatic rings. The number of phenols is 1. The van der Waals surface area contributed by atoms with Gasteiger partial charge in [-0.2, -0.15) is 0 Å². The number of carbonyl (C=O) groups is 1. The summed E-state index contributed by atoms with van der Waals surface area (Å²) >= 11 is 0. The molecule has 0 aromatic heterocycles. The highest BCUT2D eigenvalue weighted by Crippen LogP contribution is 2.16. The second kappa shape index (κ2) is 7.61. The summed E-state index contributed by atoms with van der Waals surface area (Å²) in [6.07, 6.45) is 1.76. The van der Waals surface area contributed by atoms with Crippen molar-refractivity contribution in [1.29, 1.82) is 0 Å². The summed E-state index contributed by atoms with van der Waals surface area (Å²) in [6, 6.07) is 4.75. The first-order valence-electron chi connectivity index (χ1n) is 7.93. The third-order valence-electron chi connectivity index (χ3n) is 4.17. The number of rotatable bonds is 5. The molecule has 1 aromatic carbocycles. The van der Waals surface area contributed by atoms with Crippen LogP contribution in [0.3, 0.4) is 0 Å². The Balaban J connectivity index is 1.78. The molecule has 1 heterocycles. The van der Waals surface area contributed by atoms with Gasteiger partial charge < -0.3 is 20.4 Å². The molecular formula is C17H26N2O3. The average Bonchev–Trinajstić information content (AvgIpc) is 2.46. The molecule has 0 spiro atoms. The highest BCUT2D eigenvalue weighted by molar-refractivity contribution is 5.94. The van der Waals surface area contributed by atoms with Crippen LogP contribution in [0.5, 0.6) is 5.75 Å². The fourth-order valence-electron chi connectivity index (χ4n) is 2.81. The maximum atomic E-state index is 12.0. The summed E-state index contributed by atoms with van der Waals surface area (Å²) in [5.74, 6) is 0.570. The summed E-state index contributed by atoms with van der Waals surface area (Å²) in [6.45, 7) is 6.91. The third-order valence-corrected chi connectivity index (χ3v) is 4.17. The normalized spacial score (nSPS) is 18.1. The molecule has 5 nitrogen and oxygen atoms in total. The highest BCUT2D eigenvalue weighted by Gasteiger charge is 2.18. The SMILES string of the molecule is Cc1cc(O)cc(C(=O)NCC(O)CN2CCC(C)CC2)c1. The van der Waals surface area contributed by atoms with Gasteiger partial charge in [0.05, 0.1) is 6.10 Å². The van der Waals surface area contributed by atoms with Crippen molar-refractivity contribution in [1.82, 2.24) is 10.2 Å². The van der Waals surface area contributed by atoms with Crippen LogP contribution in [0.15, 0.2) is 18.2 Å². The molecule has 1 fully saturated rings. The first kappa shape index (κ1) is 16.8. The quantitative estimate of drug-likeness (QED) is 0.771. The molecule has 0 bridgehead atoms. The number of benzene rings is 1. The lowest BCUT2D eigenvalue weighted by Gasteiger charge is -2.31. The van der Waals surface area contributed by atoms with Crippen LogP contribution in [0.25, 0.3) is 0 Å². The van der Waals surface area contributed by atoms with Gasteiger partial charge in [-0.1, -0.05) is 6.92 Å². The van der Waals surface area contributed by atoms with Gasteiger partial charge in [-0.25, -0.2) is 0 Å². The van der Waals surface area contributed by atoms with Crippen molar-refractivity contribution in [3.8, 4) is 5.75 Å².